The molecular formula is C13H19N3O4. The van der Waals surface area contributed by atoms with Crippen molar-refractivity contribution in [3.63, 3.8) is 0 Å². The Morgan fingerprint density at radius 1 is 1.20 bits per heavy atom. The minimum atomic E-state index is -0.629. The largest absolute Gasteiger partial charge is 0.310 e. The number of rotatable bonds is 8. The van der Waals surface area contributed by atoms with Crippen LogP contribution in [-0.2, 0) is 6.54 Å². The molecule has 0 spiro atoms. The first-order valence-electron chi connectivity index (χ1n) is 6.64. The Hall–Kier alpha value is -2.02. The molecule has 0 saturated heterocycles. The van der Waals surface area contributed by atoms with Gasteiger partial charge in [0.25, 0.3) is 11.4 Å². The van der Waals surface area contributed by atoms with E-state index < -0.39 is 9.85 Å². The molecule has 0 aliphatic rings. The van der Waals surface area contributed by atoms with Crippen molar-refractivity contribution in [2.45, 2.75) is 45.7 Å². The zero-order valence-corrected chi connectivity index (χ0v) is 11.7. The van der Waals surface area contributed by atoms with Crippen LogP contribution in [0.25, 0.3) is 0 Å². The lowest BCUT2D eigenvalue weighted by Crippen LogP contribution is -2.27. The molecule has 0 bridgehead atoms. The molecule has 7 nitrogen and oxygen atoms in total. The maximum atomic E-state index is 11.0. The first-order chi connectivity index (χ1) is 9.49. The molecular weight excluding hydrogens is 262 g/mol. The van der Waals surface area contributed by atoms with Gasteiger partial charge in [0.15, 0.2) is 0 Å². The first kappa shape index (κ1) is 16.0. The molecule has 0 aliphatic heterocycles. The van der Waals surface area contributed by atoms with Crippen molar-refractivity contribution in [2.75, 3.05) is 0 Å². The minimum Gasteiger partial charge on any atom is -0.310 e. The van der Waals surface area contributed by atoms with Crippen LogP contribution in [0.4, 0.5) is 11.4 Å². The van der Waals surface area contributed by atoms with Crippen LogP contribution in [0.5, 0.6) is 0 Å². The fourth-order valence-electron chi connectivity index (χ4n) is 2.04. The van der Waals surface area contributed by atoms with E-state index in [9.17, 15) is 20.2 Å². The topological polar surface area (TPSA) is 98.3 Å². The molecule has 0 aromatic heterocycles. The summed E-state index contributed by atoms with van der Waals surface area (Å²) in [5.41, 5.74) is -0.00532. The Balaban J connectivity index is 2.89. The van der Waals surface area contributed by atoms with Crippen LogP contribution in [0.2, 0.25) is 0 Å². The molecule has 1 N–H and O–H groups in total. The Kier molecular flexibility index (Phi) is 6.05. The van der Waals surface area contributed by atoms with Gasteiger partial charge in [-0.1, -0.05) is 20.3 Å². The fraction of sp³-hybridized carbons (Fsp3) is 0.538. The highest BCUT2D eigenvalue weighted by molar-refractivity contribution is 5.49. The summed E-state index contributed by atoms with van der Waals surface area (Å²) < 4.78 is 0. The van der Waals surface area contributed by atoms with Crippen LogP contribution in [0.3, 0.4) is 0 Å². The van der Waals surface area contributed by atoms with Gasteiger partial charge in [-0.05, 0) is 18.9 Å². The number of nitro benzene ring substituents is 2. The second kappa shape index (κ2) is 7.54. The number of hydrogen-bond donors (Lipinski definition) is 1. The van der Waals surface area contributed by atoms with Gasteiger partial charge >= 0.3 is 0 Å². The molecule has 1 rings (SSSR count). The minimum absolute atomic E-state index is 0.210. The van der Waals surface area contributed by atoms with Crippen LogP contribution in [-0.4, -0.2) is 15.9 Å². The molecule has 20 heavy (non-hydrogen) atoms. The quantitative estimate of drug-likeness (QED) is 0.583. The monoisotopic (exact) mass is 281 g/mol. The summed E-state index contributed by atoms with van der Waals surface area (Å²) in [5, 5.41) is 24.9. The van der Waals surface area contributed by atoms with Crippen LogP contribution in [0.1, 0.15) is 38.7 Å². The predicted octanol–water partition coefficient (Wildman–Crippen LogP) is 3.17. The molecule has 110 valence electrons. The van der Waals surface area contributed by atoms with Gasteiger partial charge in [-0.2, -0.15) is 0 Å². The Morgan fingerprint density at radius 2 is 1.90 bits per heavy atom. The molecule has 1 unspecified atom stereocenters. The molecule has 0 fully saturated rings. The van der Waals surface area contributed by atoms with Gasteiger partial charge in [0, 0.05) is 24.2 Å². The number of nitrogens with zero attached hydrogens (tertiary/aromatic N) is 2. The standard InChI is InChI=1S/C13H19N3O4/c1-3-5-11(4-2)14-9-10-6-7-12(15(17)18)8-13(10)16(19)20/h6-8,11,14H,3-5,9H2,1-2H3. The molecule has 0 aliphatic carbocycles. The molecule has 0 heterocycles. The summed E-state index contributed by atoms with van der Waals surface area (Å²) >= 11 is 0. The van der Waals surface area contributed by atoms with Crippen molar-refractivity contribution in [1.82, 2.24) is 5.32 Å². The van der Waals surface area contributed by atoms with Crippen LogP contribution >= 0.6 is 0 Å². The summed E-state index contributed by atoms with van der Waals surface area (Å²) in [5.74, 6) is 0. The van der Waals surface area contributed by atoms with Crippen LogP contribution in [0, 0.1) is 20.2 Å². The highest BCUT2D eigenvalue weighted by atomic mass is 16.6. The lowest BCUT2D eigenvalue weighted by Gasteiger charge is -2.15. The van der Waals surface area contributed by atoms with Crippen molar-refractivity contribution in [3.05, 3.63) is 44.0 Å². The fourth-order valence-corrected chi connectivity index (χ4v) is 2.04. The first-order valence-corrected chi connectivity index (χ1v) is 6.64. The van der Waals surface area contributed by atoms with E-state index in [-0.39, 0.29) is 11.4 Å². The summed E-state index contributed by atoms with van der Waals surface area (Å²) in [6.07, 6.45) is 2.97. The van der Waals surface area contributed by atoms with E-state index in [4.69, 9.17) is 0 Å². The molecule has 1 atom stereocenters. The molecule has 1 aromatic rings. The maximum absolute atomic E-state index is 11.0. The molecule has 1 aromatic carbocycles. The molecule has 7 heteroatoms. The van der Waals surface area contributed by atoms with Gasteiger partial charge in [0.2, 0.25) is 0 Å². The molecule has 0 radical (unpaired) electrons. The van der Waals surface area contributed by atoms with Crippen molar-refractivity contribution in [1.29, 1.82) is 0 Å². The normalized spacial score (nSPS) is 12.1. The second-order valence-electron chi connectivity index (χ2n) is 4.60. The van der Waals surface area contributed by atoms with E-state index in [1.807, 2.05) is 0 Å². The zero-order valence-electron chi connectivity index (χ0n) is 11.7. The highest BCUT2D eigenvalue weighted by Gasteiger charge is 2.19. The third-order valence-electron chi connectivity index (χ3n) is 3.19. The smallest absolute Gasteiger partial charge is 0.280 e. The third kappa shape index (κ3) is 4.27. The van der Waals surface area contributed by atoms with Gasteiger partial charge in [-0.3, -0.25) is 20.2 Å². The summed E-state index contributed by atoms with van der Waals surface area (Å²) in [4.78, 5) is 20.4. The van der Waals surface area contributed by atoms with Gasteiger partial charge in [0.05, 0.1) is 15.9 Å². The average molecular weight is 281 g/mol. The van der Waals surface area contributed by atoms with E-state index in [0.717, 1.165) is 25.3 Å². The molecule has 0 saturated carbocycles. The Bertz CT molecular complexity index is 491. The van der Waals surface area contributed by atoms with Crippen molar-refractivity contribution in [2.24, 2.45) is 0 Å². The van der Waals surface area contributed by atoms with E-state index in [1.165, 1.54) is 12.1 Å². The van der Waals surface area contributed by atoms with Crippen LogP contribution < -0.4 is 5.32 Å². The van der Waals surface area contributed by atoms with Crippen molar-refractivity contribution in [3.8, 4) is 0 Å². The lowest BCUT2D eigenvalue weighted by molar-refractivity contribution is -0.394. The highest BCUT2D eigenvalue weighted by Crippen LogP contribution is 2.24. The zero-order chi connectivity index (χ0) is 15.1. The Labute approximate surface area is 117 Å². The number of nitrogens with one attached hydrogen (secondary N) is 1. The third-order valence-corrected chi connectivity index (χ3v) is 3.19. The van der Waals surface area contributed by atoms with E-state index in [2.05, 4.69) is 19.2 Å². The SMILES string of the molecule is CCCC(CC)NCc1ccc([N+](=O)[O-])cc1[N+](=O)[O-]. The predicted molar refractivity (Wildman–Crippen MR) is 75.6 cm³/mol. The van der Waals surface area contributed by atoms with Crippen molar-refractivity contribution >= 4 is 11.4 Å². The summed E-state index contributed by atoms with van der Waals surface area (Å²) in [6.45, 7) is 4.48. The van der Waals surface area contributed by atoms with Crippen LogP contribution in [0.15, 0.2) is 18.2 Å². The van der Waals surface area contributed by atoms with E-state index >= 15 is 0 Å². The van der Waals surface area contributed by atoms with Gasteiger partial charge < -0.3 is 5.32 Å². The molecule has 0 amide bonds. The number of nitro groups is 2. The number of benzene rings is 1. The summed E-state index contributed by atoms with van der Waals surface area (Å²) in [7, 11) is 0. The summed E-state index contributed by atoms with van der Waals surface area (Å²) in [6, 6.07) is 4.06. The average Bonchev–Trinajstić information content (AvgIpc) is 2.42. The van der Waals surface area contributed by atoms with Gasteiger partial charge in [-0.15, -0.1) is 0 Å². The lowest BCUT2D eigenvalue weighted by atomic mass is 10.1. The van der Waals surface area contributed by atoms with E-state index in [1.54, 1.807) is 0 Å². The number of non-ortho nitro benzene ring substituents is 1. The van der Waals surface area contributed by atoms with Crippen molar-refractivity contribution < 1.29 is 9.85 Å². The van der Waals surface area contributed by atoms with E-state index in [0.29, 0.717) is 18.2 Å². The maximum Gasteiger partial charge on any atom is 0.280 e. The van der Waals surface area contributed by atoms with Gasteiger partial charge in [0.1, 0.15) is 0 Å². The second-order valence-corrected chi connectivity index (χ2v) is 4.60. The Morgan fingerprint density at radius 3 is 2.40 bits per heavy atom. The van der Waals surface area contributed by atoms with Gasteiger partial charge in [-0.25, -0.2) is 0 Å². The number of hydrogen-bond acceptors (Lipinski definition) is 5.